The second kappa shape index (κ2) is 6.63. The van der Waals surface area contributed by atoms with Crippen LogP contribution in [0.15, 0.2) is 0 Å². The lowest BCUT2D eigenvalue weighted by atomic mass is 9.85. The summed E-state index contributed by atoms with van der Waals surface area (Å²) < 4.78 is 43.3. The highest BCUT2D eigenvalue weighted by molar-refractivity contribution is 6.05. The Hall–Kier alpha value is -2.42. The third-order valence-corrected chi connectivity index (χ3v) is 5.61. The first-order valence-electron chi connectivity index (χ1n) is 8.94. The van der Waals surface area contributed by atoms with Gasteiger partial charge < -0.3 is 10.2 Å². The highest BCUT2D eigenvalue weighted by Crippen LogP contribution is 2.40. The Morgan fingerprint density at radius 1 is 0.926 bits per heavy atom. The van der Waals surface area contributed by atoms with Gasteiger partial charge in [0, 0.05) is 18.5 Å². The third kappa shape index (κ3) is 2.80. The van der Waals surface area contributed by atoms with Gasteiger partial charge in [-0.2, -0.15) is 0 Å². The molecule has 1 atom stereocenters. The molecule has 0 aromatic heterocycles. The fourth-order valence-corrected chi connectivity index (χ4v) is 4.26. The van der Waals surface area contributed by atoms with Crippen molar-refractivity contribution in [3.8, 4) is 0 Å². The van der Waals surface area contributed by atoms with Crippen LogP contribution >= 0.6 is 0 Å². The molecule has 3 aliphatic heterocycles. The molecular weight excluding hydrogens is 363 g/mol. The maximum Gasteiger partial charge on any atom is 0.258 e. The summed E-state index contributed by atoms with van der Waals surface area (Å²) in [5, 5.41) is 5.27. The number of amides is 3. The Kier molecular flexibility index (Phi) is 4.41. The minimum Gasteiger partial charge on any atom is -0.322 e. The van der Waals surface area contributed by atoms with Crippen molar-refractivity contribution >= 4 is 17.7 Å². The summed E-state index contributed by atoms with van der Waals surface area (Å²) in [7, 11) is 0. The van der Waals surface area contributed by atoms with Crippen LogP contribution in [0.1, 0.15) is 53.1 Å². The lowest BCUT2D eigenvalue weighted by Gasteiger charge is -2.29. The van der Waals surface area contributed by atoms with Crippen LogP contribution in [0.2, 0.25) is 0 Å². The molecule has 6 nitrogen and oxygen atoms in total. The van der Waals surface area contributed by atoms with Crippen molar-refractivity contribution in [1.82, 2.24) is 15.5 Å². The maximum absolute atomic E-state index is 14.6. The number of hydrogen-bond donors (Lipinski definition) is 2. The van der Waals surface area contributed by atoms with Crippen LogP contribution in [0, 0.1) is 17.5 Å². The lowest BCUT2D eigenvalue weighted by molar-refractivity contribution is -0.136. The zero-order chi connectivity index (χ0) is 19.3. The van der Waals surface area contributed by atoms with Crippen molar-refractivity contribution in [3.63, 3.8) is 0 Å². The molecule has 2 saturated heterocycles. The number of halogens is 3. The van der Waals surface area contributed by atoms with Crippen LogP contribution in [0.4, 0.5) is 13.2 Å². The summed E-state index contributed by atoms with van der Waals surface area (Å²) in [6, 6.07) is -0.964. The third-order valence-electron chi connectivity index (χ3n) is 5.61. The van der Waals surface area contributed by atoms with E-state index in [-0.39, 0.29) is 36.4 Å². The SMILES string of the molecule is O=C1CCC(N2Cc3c(c(F)c(F)c(F)c3C3CCNCC3)C2=O)C(=O)N1. The van der Waals surface area contributed by atoms with E-state index in [2.05, 4.69) is 10.6 Å². The monoisotopic (exact) mass is 381 g/mol. The first-order chi connectivity index (χ1) is 12.9. The van der Waals surface area contributed by atoms with E-state index in [0.29, 0.717) is 25.9 Å². The molecule has 1 aromatic carbocycles. The molecule has 1 unspecified atom stereocenters. The molecular formula is C18H18F3N3O3. The van der Waals surface area contributed by atoms with Gasteiger partial charge in [0.05, 0.1) is 5.56 Å². The molecule has 1 aromatic rings. The predicted molar refractivity (Wildman–Crippen MR) is 87.2 cm³/mol. The van der Waals surface area contributed by atoms with Crippen molar-refractivity contribution in [2.45, 2.75) is 44.2 Å². The zero-order valence-corrected chi connectivity index (χ0v) is 14.4. The van der Waals surface area contributed by atoms with Gasteiger partial charge in [0.25, 0.3) is 5.91 Å². The largest absolute Gasteiger partial charge is 0.322 e. The first kappa shape index (κ1) is 18.0. The number of fused-ring (bicyclic) bond motifs is 1. The van der Waals surface area contributed by atoms with Crippen molar-refractivity contribution < 1.29 is 27.6 Å². The van der Waals surface area contributed by atoms with Crippen LogP contribution in [0.5, 0.6) is 0 Å². The molecule has 9 heteroatoms. The number of nitrogens with zero attached hydrogens (tertiary/aromatic N) is 1. The highest BCUT2D eigenvalue weighted by atomic mass is 19.2. The van der Waals surface area contributed by atoms with Gasteiger partial charge in [-0.15, -0.1) is 0 Å². The molecule has 27 heavy (non-hydrogen) atoms. The minimum atomic E-state index is -1.65. The molecule has 4 rings (SSSR count). The Bertz CT molecular complexity index is 852. The maximum atomic E-state index is 14.6. The van der Waals surface area contributed by atoms with Gasteiger partial charge in [0.1, 0.15) is 6.04 Å². The van der Waals surface area contributed by atoms with Crippen LogP contribution < -0.4 is 10.6 Å². The Labute approximate surface area is 153 Å². The van der Waals surface area contributed by atoms with E-state index in [9.17, 15) is 27.6 Å². The normalized spacial score (nSPS) is 23.6. The summed E-state index contributed by atoms with van der Waals surface area (Å²) >= 11 is 0. The molecule has 2 fully saturated rings. The van der Waals surface area contributed by atoms with E-state index in [1.54, 1.807) is 0 Å². The standard InChI is InChI=1S/C18H18F3N3O3/c19-14-12(8-3-5-22-6-4-8)9-7-24(10-1-2-11(25)23-17(10)26)18(27)13(9)15(20)16(14)21/h8,10,22H,1-7H2,(H,23,25,26). The van der Waals surface area contributed by atoms with Gasteiger partial charge in [0.15, 0.2) is 17.5 Å². The molecule has 3 heterocycles. The molecule has 0 saturated carbocycles. The molecule has 0 spiro atoms. The van der Waals surface area contributed by atoms with Gasteiger partial charge in [-0.1, -0.05) is 0 Å². The van der Waals surface area contributed by atoms with Crippen molar-refractivity contribution in [2.24, 2.45) is 0 Å². The average Bonchev–Trinajstić information content (AvgIpc) is 2.98. The van der Waals surface area contributed by atoms with Gasteiger partial charge >= 0.3 is 0 Å². The fraction of sp³-hybridized carbons (Fsp3) is 0.500. The zero-order valence-electron chi connectivity index (χ0n) is 14.4. The van der Waals surface area contributed by atoms with E-state index >= 15 is 0 Å². The lowest BCUT2D eigenvalue weighted by Crippen LogP contribution is -2.52. The average molecular weight is 381 g/mol. The second-order valence-corrected chi connectivity index (χ2v) is 7.13. The van der Waals surface area contributed by atoms with E-state index in [1.165, 1.54) is 0 Å². The smallest absolute Gasteiger partial charge is 0.258 e. The van der Waals surface area contributed by atoms with E-state index in [4.69, 9.17) is 0 Å². The van der Waals surface area contributed by atoms with Gasteiger partial charge in [0.2, 0.25) is 11.8 Å². The summed E-state index contributed by atoms with van der Waals surface area (Å²) in [6.07, 6.45) is 1.23. The van der Waals surface area contributed by atoms with Crippen molar-refractivity contribution in [3.05, 3.63) is 34.1 Å². The molecule has 0 bridgehead atoms. The van der Waals surface area contributed by atoms with Gasteiger partial charge in [-0.3, -0.25) is 19.7 Å². The number of hydrogen-bond acceptors (Lipinski definition) is 4. The number of piperidine rings is 2. The molecule has 3 aliphatic rings. The van der Waals surface area contributed by atoms with E-state index in [1.807, 2.05) is 0 Å². The van der Waals surface area contributed by atoms with Gasteiger partial charge in [-0.25, -0.2) is 13.2 Å². The molecule has 144 valence electrons. The summed E-state index contributed by atoms with van der Waals surface area (Å²) in [6.45, 7) is 1.05. The Balaban J connectivity index is 1.76. The number of nitrogens with one attached hydrogen (secondary N) is 2. The Morgan fingerprint density at radius 3 is 2.30 bits per heavy atom. The number of carbonyl (C=O) groups excluding carboxylic acids is 3. The van der Waals surface area contributed by atoms with Gasteiger partial charge in [-0.05, 0) is 43.8 Å². The van der Waals surface area contributed by atoms with Crippen molar-refractivity contribution in [2.75, 3.05) is 13.1 Å². The van der Waals surface area contributed by atoms with Crippen LogP contribution in [0.25, 0.3) is 0 Å². The number of imide groups is 1. The molecule has 0 aliphatic carbocycles. The second-order valence-electron chi connectivity index (χ2n) is 7.13. The van der Waals surface area contributed by atoms with E-state index in [0.717, 1.165) is 4.90 Å². The van der Waals surface area contributed by atoms with Crippen molar-refractivity contribution in [1.29, 1.82) is 0 Å². The predicted octanol–water partition coefficient (Wildman–Crippen LogP) is 1.33. The fourth-order valence-electron chi connectivity index (χ4n) is 4.26. The summed E-state index contributed by atoms with van der Waals surface area (Å²) in [5.41, 5.74) is -0.339. The summed E-state index contributed by atoms with van der Waals surface area (Å²) in [5.74, 6) is -6.69. The van der Waals surface area contributed by atoms with Crippen LogP contribution in [-0.4, -0.2) is 41.8 Å². The van der Waals surface area contributed by atoms with E-state index < -0.39 is 46.8 Å². The van der Waals surface area contributed by atoms with Crippen LogP contribution in [0.3, 0.4) is 0 Å². The summed E-state index contributed by atoms with van der Waals surface area (Å²) in [4.78, 5) is 37.3. The quantitative estimate of drug-likeness (QED) is 0.599. The number of rotatable bonds is 2. The number of benzene rings is 1. The molecule has 3 amide bonds. The minimum absolute atomic E-state index is 0.0357. The van der Waals surface area contributed by atoms with Crippen LogP contribution in [-0.2, 0) is 16.1 Å². The Morgan fingerprint density at radius 2 is 1.63 bits per heavy atom. The first-order valence-corrected chi connectivity index (χ1v) is 8.94. The number of carbonyl (C=O) groups is 3. The topological polar surface area (TPSA) is 78.5 Å². The molecule has 0 radical (unpaired) electrons. The molecule has 2 N–H and O–H groups in total. The highest BCUT2D eigenvalue weighted by Gasteiger charge is 2.44.